The molecule has 0 radical (unpaired) electrons. The number of amides is 2. The normalized spacial score (nSPS) is 21.5. The van der Waals surface area contributed by atoms with Crippen LogP contribution < -0.4 is 11.1 Å². The average Bonchev–Trinajstić information content (AvgIpc) is 2.85. The molecule has 2 fully saturated rings. The highest BCUT2D eigenvalue weighted by Gasteiger charge is 2.33. The lowest BCUT2D eigenvalue weighted by Crippen LogP contribution is -2.51. The van der Waals surface area contributed by atoms with Gasteiger partial charge in [0.25, 0.3) is 0 Å². The third kappa shape index (κ3) is 7.94. The number of hydrogen-bond donors (Lipinski definition) is 2. The van der Waals surface area contributed by atoms with Gasteiger partial charge in [-0.05, 0) is 37.7 Å². The fraction of sp³-hybridized carbons (Fsp3) is 0.731. The molecule has 186 valence electrons. The van der Waals surface area contributed by atoms with Gasteiger partial charge in [-0.2, -0.15) is 0 Å². The van der Waals surface area contributed by atoms with E-state index in [1.807, 2.05) is 11.0 Å². The van der Waals surface area contributed by atoms with Gasteiger partial charge < -0.3 is 25.4 Å². The second-order valence-corrected chi connectivity index (χ2v) is 9.63. The number of rotatable bonds is 11. The number of halogens is 1. The molecular formula is C26H42FN3O3. The molecular weight excluding hydrogens is 421 g/mol. The summed E-state index contributed by atoms with van der Waals surface area (Å²) in [5.41, 5.74) is 6.58. The van der Waals surface area contributed by atoms with E-state index >= 15 is 0 Å². The summed E-state index contributed by atoms with van der Waals surface area (Å²) >= 11 is 0. The van der Waals surface area contributed by atoms with Crippen molar-refractivity contribution in [1.29, 1.82) is 0 Å². The molecule has 0 aromatic heterocycles. The third-order valence-corrected chi connectivity index (χ3v) is 7.13. The van der Waals surface area contributed by atoms with Crippen molar-refractivity contribution in [1.82, 2.24) is 10.2 Å². The Kier molecular flexibility index (Phi) is 10.9. The number of nitrogens with two attached hydrogens (primary N) is 1. The van der Waals surface area contributed by atoms with Crippen LogP contribution in [0.4, 0.5) is 9.18 Å². The second kappa shape index (κ2) is 13.9. The Morgan fingerprint density at radius 2 is 1.97 bits per heavy atom. The Balaban J connectivity index is 1.61. The van der Waals surface area contributed by atoms with E-state index in [0.717, 1.165) is 25.7 Å². The van der Waals surface area contributed by atoms with Crippen LogP contribution in [0.15, 0.2) is 24.3 Å². The molecule has 1 unspecified atom stereocenters. The number of piperidine rings is 1. The number of nitrogens with zero attached hydrogens (tertiary/aromatic N) is 1. The first-order valence-corrected chi connectivity index (χ1v) is 12.7. The number of carbonyl (C=O) groups excluding carboxylic acids is 1. The van der Waals surface area contributed by atoms with Gasteiger partial charge >= 0.3 is 6.03 Å². The van der Waals surface area contributed by atoms with Crippen molar-refractivity contribution in [3.63, 3.8) is 0 Å². The first-order chi connectivity index (χ1) is 16.1. The number of ether oxygens (including phenoxy) is 2. The highest BCUT2D eigenvalue weighted by atomic mass is 19.1. The molecule has 0 spiro atoms. The molecule has 1 aliphatic carbocycles. The van der Waals surface area contributed by atoms with Crippen molar-refractivity contribution in [2.24, 2.45) is 17.6 Å². The van der Waals surface area contributed by atoms with Crippen LogP contribution in [0.1, 0.15) is 69.5 Å². The summed E-state index contributed by atoms with van der Waals surface area (Å²) in [4.78, 5) is 15.0. The minimum atomic E-state index is -0.383. The third-order valence-electron chi connectivity index (χ3n) is 7.13. The van der Waals surface area contributed by atoms with Gasteiger partial charge in [0.2, 0.25) is 0 Å². The quantitative estimate of drug-likeness (QED) is 0.469. The molecule has 1 aromatic rings. The summed E-state index contributed by atoms with van der Waals surface area (Å²) < 4.78 is 26.0. The molecule has 3 N–H and O–H groups in total. The van der Waals surface area contributed by atoms with Crippen LogP contribution in [-0.2, 0) is 9.47 Å². The van der Waals surface area contributed by atoms with E-state index in [2.05, 4.69) is 5.32 Å². The van der Waals surface area contributed by atoms with Crippen LogP contribution >= 0.6 is 0 Å². The zero-order valence-electron chi connectivity index (χ0n) is 20.1. The van der Waals surface area contributed by atoms with Crippen molar-refractivity contribution in [3.05, 3.63) is 35.6 Å². The Labute approximate surface area is 198 Å². The van der Waals surface area contributed by atoms with E-state index in [1.165, 1.54) is 38.2 Å². The molecule has 1 heterocycles. The van der Waals surface area contributed by atoms with Crippen LogP contribution in [0.25, 0.3) is 0 Å². The van der Waals surface area contributed by atoms with Crippen molar-refractivity contribution >= 4 is 6.03 Å². The maximum absolute atomic E-state index is 14.7. The fourth-order valence-corrected chi connectivity index (χ4v) is 5.35. The van der Waals surface area contributed by atoms with Gasteiger partial charge in [0, 0.05) is 57.5 Å². The van der Waals surface area contributed by atoms with E-state index in [0.29, 0.717) is 44.3 Å². The number of nitrogens with one attached hydrogen (secondary N) is 1. The number of likely N-dealkylation sites (tertiary alicyclic amines) is 1. The van der Waals surface area contributed by atoms with E-state index in [4.69, 9.17) is 15.2 Å². The second-order valence-electron chi connectivity index (χ2n) is 9.63. The predicted octanol–water partition coefficient (Wildman–Crippen LogP) is 4.64. The first-order valence-electron chi connectivity index (χ1n) is 12.7. The molecule has 1 saturated heterocycles. The summed E-state index contributed by atoms with van der Waals surface area (Å²) in [6.45, 7) is 2.81. The number of urea groups is 1. The maximum Gasteiger partial charge on any atom is 0.317 e. The summed E-state index contributed by atoms with van der Waals surface area (Å²) in [7, 11) is 1.66. The van der Waals surface area contributed by atoms with Gasteiger partial charge in [-0.1, -0.05) is 50.3 Å². The topological polar surface area (TPSA) is 76.8 Å². The smallest absolute Gasteiger partial charge is 0.317 e. The lowest BCUT2D eigenvalue weighted by atomic mass is 9.85. The molecule has 7 heteroatoms. The molecule has 1 aromatic carbocycles. The molecule has 3 rings (SSSR count). The Morgan fingerprint density at radius 1 is 1.18 bits per heavy atom. The van der Waals surface area contributed by atoms with Gasteiger partial charge in [0.05, 0.1) is 6.10 Å². The summed E-state index contributed by atoms with van der Waals surface area (Å²) in [6, 6.07) is 6.76. The number of benzene rings is 1. The molecule has 33 heavy (non-hydrogen) atoms. The predicted molar refractivity (Wildman–Crippen MR) is 128 cm³/mol. The average molecular weight is 464 g/mol. The van der Waals surface area contributed by atoms with Crippen molar-refractivity contribution in [2.75, 3.05) is 40.0 Å². The van der Waals surface area contributed by atoms with Gasteiger partial charge in [-0.3, -0.25) is 0 Å². The van der Waals surface area contributed by atoms with Gasteiger partial charge in [-0.25, -0.2) is 9.18 Å². The largest absolute Gasteiger partial charge is 0.385 e. The summed E-state index contributed by atoms with van der Waals surface area (Å²) in [6.07, 6.45) is 9.46. The molecule has 6 nitrogen and oxygen atoms in total. The zero-order valence-corrected chi connectivity index (χ0v) is 20.1. The molecule has 2 amide bonds. The Hall–Kier alpha value is -1.70. The number of carbonyl (C=O) groups is 1. The van der Waals surface area contributed by atoms with Crippen molar-refractivity contribution < 1.29 is 18.7 Å². The number of methoxy groups -OCH3 is 1. The van der Waals surface area contributed by atoms with Crippen molar-refractivity contribution in [2.45, 2.75) is 69.9 Å². The van der Waals surface area contributed by atoms with Crippen LogP contribution in [0, 0.1) is 17.7 Å². The highest BCUT2D eigenvalue weighted by molar-refractivity contribution is 5.74. The van der Waals surface area contributed by atoms with Crippen molar-refractivity contribution in [3.8, 4) is 0 Å². The standard InChI is InChI=1S/C26H42FN3O3/c1-32-15-8-16-33-25(23-12-5-6-13-24(23)27)21-11-7-14-30(19-21)26(31)29-22(18-28)17-20-9-3-2-4-10-20/h5-6,12-13,20-22,25H,2-4,7-11,14-19,28H2,1H3,(H,29,31)/t21-,22?,25-/m1/s1. The maximum atomic E-state index is 14.7. The SMILES string of the molecule is COCCCO[C@@H](c1ccccc1F)[C@@H]1CCCN(C(=O)NC(CN)CC2CCCCC2)C1. The minimum Gasteiger partial charge on any atom is -0.385 e. The van der Waals surface area contributed by atoms with E-state index in [1.54, 1.807) is 19.2 Å². The van der Waals surface area contributed by atoms with Crippen LogP contribution in [0.2, 0.25) is 0 Å². The van der Waals surface area contributed by atoms with E-state index < -0.39 is 0 Å². The molecule has 3 atom stereocenters. The fourth-order valence-electron chi connectivity index (χ4n) is 5.35. The summed E-state index contributed by atoms with van der Waals surface area (Å²) in [5.74, 6) is 0.442. The molecule has 2 aliphatic rings. The van der Waals surface area contributed by atoms with Gasteiger partial charge in [0.1, 0.15) is 5.82 Å². The molecule has 1 saturated carbocycles. The molecule has 0 bridgehead atoms. The Morgan fingerprint density at radius 3 is 2.70 bits per heavy atom. The first kappa shape index (κ1) is 25.9. The highest BCUT2D eigenvalue weighted by Crippen LogP contribution is 2.34. The van der Waals surface area contributed by atoms with Gasteiger partial charge in [-0.15, -0.1) is 0 Å². The lowest BCUT2D eigenvalue weighted by molar-refractivity contribution is -0.0185. The summed E-state index contributed by atoms with van der Waals surface area (Å²) in [5, 5.41) is 3.18. The van der Waals surface area contributed by atoms with E-state index in [-0.39, 0.29) is 29.9 Å². The molecule has 1 aliphatic heterocycles. The lowest BCUT2D eigenvalue weighted by Gasteiger charge is -2.38. The van der Waals surface area contributed by atoms with E-state index in [9.17, 15) is 9.18 Å². The monoisotopic (exact) mass is 463 g/mol. The Bertz CT molecular complexity index is 714. The number of hydrogen-bond acceptors (Lipinski definition) is 4. The van der Waals surface area contributed by atoms with Crippen LogP contribution in [-0.4, -0.2) is 56.9 Å². The van der Waals surface area contributed by atoms with Crippen LogP contribution in [0.3, 0.4) is 0 Å². The zero-order chi connectivity index (χ0) is 23.5. The minimum absolute atomic E-state index is 0.00800. The van der Waals surface area contributed by atoms with Crippen LogP contribution in [0.5, 0.6) is 0 Å². The van der Waals surface area contributed by atoms with Gasteiger partial charge in [0.15, 0.2) is 0 Å².